The van der Waals surface area contributed by atoms with Crippen LogP contribution >= 0.6 is 45.8 Å². The molecule has 39 heteroatoms. The summed E-state index contributed by atoms with van der Waals surface area (Å²) in [6.07, 6.45) is -21.4. The number of ether oxygens (including phenoxy) is 8. The molecule has 706 valence electrons. The summed E-state index contributed by atoms with van der Waals surface area (Å²) >= 11 is 16.4. The Balaban J connectivity index is 0.816. The van der Waals surface area contributed by atoms with E-state index in [2.05, 4.69) is 37.2 Å². The molecule has 18 rings (SSSR count). The van der Waals surface area contributed by atoms with Crippen LogP contribution in [-0.4, -0.2) is 214 Å². The van der Waals surface area contributed by atoms with Crippen LogP contribution in [0, 0.1) is 5.92 Å². The maximum absolute atomic E-state index is 16.5. The number of nitrogens with zero attached hydrogens (tertiary/aromatic N) is 1. The fraction of sp³-hybridized carbons (Fsp3) is 0.333. The Hall–Kier alpha value is -12.9. The number of benzene rings is 9. The summed E-state index contributed by atoms with van der Waals surface area (Å²) in [6.45, 7) is 6.18. The predicted octanol–water partition coefficient (Wildman–Crippen LogP) is 8.79. The Kier molecular flexibility index (Phi) is 27.6. The van der Waals surface area contributed by atoms with Gasteiger partial charge in [-0.3, -0.25) is 38.5 Å². The number of phenols is 3. The van der Waals surface area contributed by atoms with Gasteiger partial charge in [-0.25, -0.2) is 14.4 Å². The molecule has 2 saturated heterocycles. The van der Waals surface area contributed by atoms with Crippen molar-refractivity contribution in [2.45, 2.75) is 168 Å². The Labute approximate surface area is 794 Å². The monoisotopic (exact) mass is 2000 g/mol. The molecule has 9 aliphatic rings. The van der Waals surface area contributed by atoms with Crippen molar-refractivity contribution in [2.24, 2.45) is 11.7 Å². The van der Waals surface area contributed by atoms with E-state index in [0.717, 1.165) is 116 Å². The van der Waals surface area contributed by atoms with E-state index in [4.69, 9.17) is 66.8 Å². The minimum absolute atomic E-state index is 0.0797. The van der Waals surface area contributed by atoms with Gasteiger partial charge in [0.25, 0.3) is 0 Å². The molecular weight excluding hydrogens is 1910 g/mol. The number of primary amides is 1. The van der Waals surface area contributed by atoms with Crippen molar-refractivity contribution in [1.29, 1.82) is 0 Å². The van der Waals surface area contributed by atoms with E-state index in [1.54, 1.807) is 13.8 Å². The second-order valence-corrected chi connectivity index (χ2v) is 36.3. The van der Waals surface area contributed by atoms with Crippen LogP contribution in [0.15, 0.2) is 176 Å². The second-order valence-electron chi connectivity index (χ2n) is 34.6. The van der Waals surface area contributed by atoms with Crippen molar-refractivity contribution in [2.75, 3.05) is 24.7 Å². The summed E-state index contributed by atoms with van der Waals surface area (Å²) in [5, 5.41) is 124. The highest BCUT2D eigenvalue weighted by Crippen LogP contribution is 2.52. The van der Waals surface area contributed by atoms with Crippen LogP contribution in [0.3, 0.4) is 0 Å². The number of alkyl carbamates (subject to hydrolysis) is 1. The van der Waals surface area contributed by atoms with E-state index in [-0.39, 0.29) is 52.6 Å². The van der Waals surface area contributed by atoms with Crippen molar-refractivity contribution in [3.8, 4) is 79.4 Å². The van der Waals surface area contributed by atoms with Crippen molar-refractivity contribution in [1.82, 2.24) is 42.1 Å². The molecule has 0 aromatic heterocycles. The summed E-state index contributed by atoms with van der Waals surface area (Å²) in [5.74, 6) is -17.8. The number of likely N-dealkylation sites (N-methyl/N-ethyl adjacent to an activating group) is 1. The van der Waals surface area contributed by atoms with Gasteiger partial charge in [-0.05, 0) is 148 Å². The molecule has 9 unspecified atom stereocenters. The van der Waals surface area contributed by atoms with Gasteiger partial charge in [-0.2, -0.15) is 0 Å². The highest BCUT2D eigenvalue weighted by atomic mass is 127. The summed E-state index contributed by atoms with van der Waals surface area (Å²) in [6, 6.07) is 28.9. The molecule has 2 fully saturated rings. The number of aromatic hydroxyl groups is 3. The number of aliphatic carboxylic acids is 1. The summed E-state index contributed by atoms with van der Waals surface area (Å²) < 4.78 is 52.0. The number of aliphatic hydroxyl groups excluding tert-OH is 5. The lowest BCUT2D eigenvalue weighted by Gasteiger charge is -2.48. The van der Waals surface area contributed by atoms with Gasteiger partial charge in [0.1, 0.15) is 109 Å². The third-order valence-corrected chi connectivity index (χ3v) is 26.6. The molecule has 9 aromatic rings. The number of amides is 9. The number of halogens is 3. The first-order chi connectivity index (χ1) is 64.4. The molecule has 2 aliphatic carbocycles. The van der Waals surface area contributed by atoms with Gasteiger partial charge >= 0.3 is 18.2 Å². The normalized spacial score (nSPS) is 25.5. The fourth-order valence-corrected chi connectivity index (χ4v) is 19.5. The zero-order valence-electron chi connectivity index (χ0n) is 72.6. The first-order valence-electron chi connectivity index (χ1n) is 43.1. The number of carbonyl (C=O) groups is 10. The van der Waals surface area contributed by atoms with E-state index in [1.165, 1.54) is 33.0 Å². The number of aliphatic hydroxyl groups is 5. The fourth-order valence-electron chi connectivity index (χ4n) is 18.3. The van der Waals surface area contributed by atoms with Gasteiger partial charge in [0.2, 0.25) is 53.4 Å². The first kappa shape index (κ1) is 95.2. The molecule has 135 heavy (non-hydrogen) atoms. The first-order valence-corrected chi connectivity index (χ1v) is 45.4. The SMILES string of the molecule is CC(C)C[C@H](C(=O)N[C@H]1C(=O)N[C@@H](CC(N)=O)C(=O)N[C@H]2C(=O)N[C@H]3C(=O)N[C@H](C(=O)N[C@@H](C(=O)O)c4cc(O)cc(O)c4-c4cc3ccc4O)[C@H](O)c3ccc(c(Cl)c3)Oc3cc2cc(c3OC2OC(CI)C(O)C(O)C2OC2CC(C)(NC(=O)OCC3c4ccccc4-c4ccccc43)C(O)C(C)O2)Oc2ccc(cc2Cl)[C@H]1O)N(C)C(=O)OCC1c2ccccc2-c2ccccc21. The van der Waals surface area contributed by atoms with Crippen LogP contribution in [0.2, 0.25) is 10.0 Å². The average molecular weight is 2000 g/mol. The zero-order chi connectivity index (χ0) is 96.2. The minimum atomic E-state index is -2.43. The van der Waals surface area contributed by atoms with Gasteiger partial charge in [0.15, 0.2) is 29.9 Å². The van der Waals surface area contributed by atoms with Gasteiger partial charge in [-0.15, -0.1) is 0 Å². The molecular formula is C96H94Cl2IN9O27. The summed E-state index contributed by atoms with van der Waals surface area (Å²) in [5.41, 5.74) is 8.61. The molecule has 7 heterocycles. The lowest BCUT2D eigenvalue weighted by Crippen LogP contribution is -2.66. The highest BCUT2D eigenvalue weighted by molar-refractivity contribution is 14.1. The quantitative estimate of drug-likeness (QED) is 0.0282. The molecule has 0 radical (unpaired) electrons. The predicted molar refractivity (Wildman–Crippen MR) is 489 cm³/mol. The molecule has 18 N–H and O–H groups in total. The third-order valence-electron chi connectivity index (χ3n) is 25.2. The number of carboxylic acids is 1. The Morgan fingerprint density at radius 1 is 0.593 bits per heavy atom. The molecule has 11 bridgehead atoms. The van der Waals surface area contributed by atoms with Gasteiger partial charge in [-0.1, -0.05) is 175 Å². The molecule has 18 atom stereocenters. The van der Waals surface area contributed by atoms with Gasteiger partial charge < -0.3 is 127 Å². The van der Waals surface area contributed by atoms with E-state index in [1.807, 2.05) is 120 Å². The Bertz CT molecular complexity index is 6120. The largest absolute Gasteiger partial charge is 0.508 e. The molecule has 7 aliphatic heterocycles. The van der Waals surface area contributed by atoms with E-state index < -0.39 is 266 Å². The number of alkyl halides is 1. The van der Waals surface area contributed by atoms with E-state index in [0.29, 0.717) is 0 Å². The van der Waals surface area contributed by atoms with Crippen LogP contribution in [0.25, 0.3) is 33.4 Å². The Morgan fingerprint density at radius 2 is 1.13 bits per heavy atom. The number of carbonyl (C=O) groups excluding carboxylic acids is 9. The lowest BCUT2D eigenvalue weighted by atomic mass is 9.85. The van der Waals surface area contributed by atoms with Crippen molar-refractivity contribution >= 4 is 105 Å². The van der Waals surface area contributed by atoms with Crippen LogP contribution in [0.5, 0.6) is 46.0 Å². The number of nitrogens with one attached hydrogen (secondary N) is 7. The van der Waals surface area contributed by atoms with E-state index in [9.17, 15) is 65.1 Å². The number of phenolic OH excluding ortho intramolecular Hbond substituents is 3. The van der Waals surface area contributed by atoms with Gasteiger partial charge in [0.05, 0.1) is 34.2 Å². The standard InChI is InChI=1S/C96H94Cl2IN9O27/c1-41(2)28-63(108(5)95(127)129-40-59-54-20-12-8-16-50(54)51-17-9-13-21-55(51)59)87(119)105-77-79(113)44-23-26-66(60(97)30-44)131-68-32-46-33-69(83(68)135-93-84(82(116)81(115)70(38-99)133-93)134-72-37-96(4,85(117)42(3)130-72)107-94(126)128-39-58-52-18-10-6-14-48(52)49-15-7-11-19-53(49)58)132-67-27-24-45(31-61(67)98)80(114)78-91(123)104-76(92(124)125)57-34-47(109)35-65(111)73(57)56-29-43(22-25-64(56)110)74(88(120)106-78)103-89(121)75(46)102-86(118)62(36-71(100)112)101-90(77)122/h6-27,29-35,41-42,58-59,62-63,70,72,74-82,84-85,93,109-111,113-117H,28,36-40H2,1-5H3,(H2,100,112)(H,101,122)(H,102,118)(H,103,121)(H,104,123)(H,105,119)(H,106,120)(H,107,126)(H,124,125)/t42?,62-,63+,70?,72?,74+,75+,76+,77+,78-,79+,80+,81?,82?,84?,85?,93?,96?/m0/s1. The Morgan fingerprint density at radius 3 is 1.69 bits per heavy atom. The number of carboxylic acid groups (broad SMARTS) is 1. The summed E-state index contributed by atoms with van der Waals surface area (Å²) in [4.78, 5) is 151. The van der Waals surface area contributed by atoms with Crippen LogP contribution in [-0.2, 0) is 62.0 Å². The molecule has 9 aromatic carbocycles. The zero-order valence-corrected chi connectivity index (χ0v) is 76.2. The number of hydrogen-bond donors (Lipinski definition) is 17. The number of nitrogens with two attached hydrogens (primary N) is 1. The van der Waals surface area contributed by atoms with E-state index >= 15 is 28.8 Å². The average Bonchev–Trinajstić information content (AvgIpc) is 1.72. The van der Waals surface area contributed by atoms with Gasteiger partial charge in [0, 0.05) is 52.5 Å². The topological polar surface area (TPSA) is 540 Å². The molecule has 36 nitrogen and oxygen atoms in total. The van der Waals surface area contributed by atoms with Crippen LogP contribution < -0.4 is 57.2 Å². The maximum Gasteiger partial charge on any atom is 0.410 e. The third kappa shape index (κ3) is 19.3. The second kappa shape index (κ2) is 39.2. The highest BCUT2D eigenvalue weighted by Gasteiger charge is 2.53. The van der Waals surface area contributed by atoms with Crippen molar-refractivity contribution < 1.29 is 132 Å². The molecule has 0 spiro atoms. The molecule has 9 amide bonds. The minimum Gasteiger partial charge on any atom is -0.508 e. The molecule has 0 saturated carbocycles. The number of rotatable bonds is 18. The van der Waals surface area contributed by atoms with Crippen LogP contribution in [0.1, 0.15) is 139 Å². The lowest BCUT2D eigenvalue weighted by molar-refractivity contribution is -0.329. The number of hydrogen-bond acceptors (Lipinski definition) is 26. The van der Waals surface area contributed by atoms with Crippen LogP contribution in [0.4, 0.5) is 9.59 Å². The van der Waals surface area contributed by atoms with Crippen molar-refractivity contribution in [3.05, 3.63) is 236 Å². The smallest absolute Gasteiger partial charge is 0.410 e. The number of fused-ring (bicyclic) bond motifs is 21. The van der Waals surface area contributed by atoms with Crippen molar-refractivity contribution in [3.63, 3.8) is 0 Å². The maximum atomic E-state index is 16.5. The summed E-state index contributed by atoms with van der Waals surface area (Å²) in [7, 11) is 1.30.